The number of hydrogen-bond acceptors (Lipinski definition) is 4. The molecule has 7 heteroatoms. The van der Waals surface area contributed by atoms with Gasteiger partial charge in [-0.25, -0.2) is 13.1 Å². The Morgan fingerprint density at radius 3 is 2.37 bits per heavy atom. The molecule has 6 nitrogen and oxygen atoms in total. The number of nitrogens with one attached hydrogen (secondary N) is 1. The Morgan fingerprint density at radius 1 is 1.32 bits per heavy atom. The highest BCUT2D eigenvalue weighted by molar-refractivity contribution is 7.89. The first-order chi connectivity index (χ1) is 8.96. The van der Waals surface area contributed by atoms with E-state index in [4.69, 9.17) is 10.9 Å². The molecule has 19 heavy (non-hydrogen) atoms. The predicted octanol–water partition coefficient (Wildman–Crippen LogP) is 1.55. The standard InChI is InChI=1S/C12H25N3O3S/c1-2-3-10-19(17,18)15-12(11(13)14-16)8-6-4-5-7-9-12/h15-16H,2-10H2,1H3,(H2,13,14). The number of nitrogens with two attached hydrogens (primary N) is 1. The topological polar surface area (TPSA) is 105 Å². The minimum atomic E-state index is -3.40. The molecule has 1 rings (SSSR count). The highest BCUT2D eigenvalue weighted by Gasteiger charge is 2.39. The third-order valence-electron chi connectivity index (χ3n) is 3.67. The molecule has 1 fully saturated rings. The van der Waals surface area contributed by atoms with Crippen LogP contribution < -0.4 is 10.5 Å². The van der Waals surface area contributed by atoms with Crippen molar-refractivity contribution in [3.05, 3.63) is 0 Å². The van der Waals surface area contributed by atoms with Crippen molar-refractivity contribution >= 4 is 15.9 Å². The average Bonchev–Trinajstić information content (AvgIpc) is 2.61. The molecule has 0 heterocycles. The van der Waals surface area contributed by atoms with Gasteiger partial charge < -0.3 is 10.9 Å². The zero-order valence-corrected chi connectivity index (χ0v) is 12.4. The van der Waals surface area contributed by atoms with Gasteiger partial charge in [-0.1, -0.05) is 44.2 Å². The van der Waals surface area contributed by atoms with E-state index >= 15 is 0 Å². The van der Waals surface area contributed by atoms with Crippen LogP contribution >= 0.6 is 0 Å². The normalized spacial score (nSPS) is 21.0. The van der Waals surface area contributed by atoms with Gasteiger partial charge in [0.05, 0.1) is 11.3 Å². The largest absolute Gasteiger partial charge is 0.409 e. The molecule has 1 saturated carbocycles. The molecule has 0 aromatic rings. The van der Waals surface area contributed by atoms with E-state index < -0.39 is 15.6 Å². The number of rotatable bonds is 6. The van der Waals surface area contributed by atoms with Crippen molar-refractivity contribution in [2.24, 2.45) is 10.9 Å². The molecule has 0 bridgehead atoms. The number of sulfonamides is 1. The van der Waals surface area contributed by atoms with E-state index in [-0.39, 0.29) is 11.6 Å². The zero-order chi connectivity index (χ0) is 14.4. The van der Waals surface area contributed by atoms with E-state index in [0.29, 0.717) is 19.3 Å². The highest BCUT2D eigenvalue weighted by atomic mass is 32.2. The second-order valence-electron chi connectivity index (χ2n) is 5.26. The first-order valence-electron chi connectivity index (χ1n) is 6.95. The fourth-order valence-electron chi connectivity index (χ4n) is 2.52. The minimum absolute atomic E-state index is 0.0190. The van der Waals surface area contributed by atoms with Crippen LogP contribution in [0.15, 0.2) is 5.16 Å². The van der Waals surface area contributed by atoms with Gasteiger partial charge in [0.2, 0.25) is 10.0 Å². The number of nitrogens with zero attached hydrogens (tertiary/aromatic N) is 1. The van der Waals surface area contributed by atoms with Crippen LogP contribution in [-0.4, -0.2) is 30.8 Å². The number of unbranched alkanes of at least 4 members (excludes halogenated alkanes) is 1. The first-order valence-corrected chi connectivity index (χ1v) is 8.60. The first kappa shape index (κ1) is 16.2. The van der Waals surface area contributed by atoms with Crippen molar-refractivity contribution in [3.63, 3.8) is 0 Å². The summed E-state index contributed by atoms with van der Waals surface area (Å²) in [6.07, 6.45) is 6.48. The number of amidine groups is 1. The Hall–Kier alpha value is -0.820. The molecule has 0 spiro atoms. The molecule has 1 aliphatic rings. The Morgan fingerprint density at radius 2 is 1.89 bits per heavy atom. The summed E-state index contributed by atoms with van der Waals surface area (Å²) in [7, 11) is -3.40. The second kappa shape index (κ2) is 7.09. The molecule has 0 amide bonds. The van der Waals surface area contributed by atoms with Crippen LogP contribution in [0.25, 0.3) is 0 Å². The van der Waals surface area contributed by atoms with Gasteiger partial charge in [0.25, 0.3) is 0 Å². The van der Waals surface area contributed by atoms with Gasteiger partial charge in [0.15, 0.2) is 5.84 Å². The fourth-order valence-corrected chi connectivity index (χ4v) is 4.20. The summed E-state index contributed by atoms with van der Waals surface area (Å²) in [6, 6.07) is 0. The quantitative estimate of drug-likeness (QED) is 0.227. The van der Waals surface area contributed by atoms with Crippen LogP contribution in [0.4, 0.5) is 0 Å². The maximum Gasteiger partial charge on any atom is 0.212 e. The lowest BCUT2D eigenvalue weighted by atomic mass is 9.90. The van der Waals surface area contributed by atoms with Gasteiger partial charge in [-0.05, 0) is 19.3 Å². The predicted molar refractivity (Wildman–Crippen MR) is 75.7 cm³/mol. The van der Waals surface area contributed by atoms with Crippen LogP contribution in [0.2, 0.25) is 0 Å². The zero-order valence-electron chi connectivity index (χ0n) is 11.6. The Bertz CT molecular complexity index is 398. The molecule has 0 unspecified atom stereocenters. The third kappa shape index (κ3) is 4.65. The highest BCUT2D eigenvalue weighted by Crippen LogP contribution is 2.28. The Balaban J connectivity index is 2.91. The SMILES string of the molecule is CCCCS(=O)(=O)NC1(/C(N)=N/O)CCCCCC1. The lowest BCUT2D eigenvalue weighted by Gasteiger charge is -2.32. The van der Waals surface area contributed by atoms with Crippen molar-refractivity contribution in [1.82, 2.24) is 4.72 Å². The van der Waals surface area contributed by atoms with Crippen LogP contribution in [-0.2, 0) is 10.0 Å². The van der Waals surface area contributed by atoms with Gasteiger partial charge in [-0.2, -0.15) is 0 Å². The molecular formula is C12H25N3O3S. The summed E-state index contributed by atoms with van der Waals surface area (Å²) in [5.74, 6) is 0.0683. The van der Waals surface area contributed by atoms with Gasteiger partial charge in [-0.3, -0.25) is 0 Å². The number of oxime groups is 1. The maximum absolute atomic E-state index is 12.1. The van der Waals surface area contributed by atoms with E-state index in [2.05, 4.69) is 9.88 Å². The van der Waals surface area contributed by atoms with Gasteiger partial charge >= 0.3 is 0 Å². The van der Waals surface area contributed by atoms with E-state index in [1.54, 1.807) is 0 Å². The van der Waals surface area contributed by atoms with E-state index in [1.165, 1.54) is 0 Å². The smallest absolute Gasteiger partial charge is 0.212 e. The molecule has 0 aromatic heterocycles. The molecule has 0 atom stereocenters. The lowest BCUT2D eigenvalue weighted by molar-refractivity contribution is 0.306. The molecular weight excluding hydrogens is 266 g/mol. The third-order valence-corrected chi connectivity index (χ3v) is 5.20. The Kier molecular flexibility index (Phi) is 6.06. The van der Waals surface area contributed by atoms with Crippen molar-refractivity contribution < 1.29 is 13.6 Å². The summed E-state index contributed by atoms with van der Waals surface area (Å²) in [5.41, 5.74) is 4.86. The molecule has 112 valence electrons. The van der Waals surface area contributed by atoms with E-state index in [0.717, 1.165) is 32.1 Å². The fraction of sp³-hybridized carbons (Fsp3) is 0.917. The van der Waals surface area contributed by atoms with Crippen molar-refractivity contribution in [3.8, 4) is 0 Å². The maximum atomic E-state index is 12.1. The van der Waals surface area contributed by atoms with Crippen molar-refractivity contribution in [2.75, 3.05) is 5.75 Å². The van der Waals surface area contributed by atoms with Crippen molar-refractivity contribution in [1.29, 1.82) is 0 Å². The van der Waals surface area contributed by atoms with E-state index in [9.17, 15) is 8.42 Å². The minimum Gasteiger partial charge on any atom is -0.409 e. The Labute approximate surface area is 115 Å². The monoisotopic (exact) mass is 291 g/mol. The van der Waals surface area contributed by atoms with Gasteiger partial charge in [0, 0.05) is 0 Å². The van der Waals surface area contributed by atoms with Crippen molar-refractivity contribution in [2.45, 2.75) is 63.8 Å². The van der Waals surface area contributed by atoms with Crippen LogP contribution in [0.5, 0.6) is 0 Å². The summed E-state index contributed by atoms with van der Waals surface area (Å²) >= 11 is 0. The van der Waals surface area contributed by atoms with Crippen LogP contribution in [0.1, 0.15) is 58.3 Å². The van der Waals surface area contributed by atoms with Crippen LogP contribution in [0, 0.1) is 0 Å². The molecule has 0 radical (unpaired) electrons. The lowest BCUT2D eigenvalue weighted by Crippen LogP contribution is -2.57. The summed E-state index contributed by atoms with van der Waals surface area (Å²) in [4.78, 5) is 0. The summed E-state index contributed by atoms with van der Waals surface area (Å²) < 4.78 is 26.9. The molecule has 4 N–H and O–H groups in total. The second-order valence-corrected chi connectivity index (χ2v) is 7.10. The van der Waals surface area contributed by atoms with Crippen LogP contribution in [0.3, 0.4) is 0 Å². The number of hydrogen-bond donors (Lipinski definition) is 3. The average molecular weight is 291 g/mol. The van der Waals surface area contributed by atoms with Gasteiger partial charge in [0.1, 0.15) is 0 Å². The molecule has 0 saturated heterocycles. The summed E-state index contributed by atoms with van der Waals surface area (Å²) in [5, 5.41) is 12.0. The van der Waals surface area contributed by atoms with E-state index in [1.807, 2.05) is 6.92 Å². The van der Waals surface area contributed by atoms with Gasteiger partial charge in [-0.15, -0.1) is 0 Å². The molecule has 0 aromatic carbocycles. The summed E-state index contributed by atoms with van der Waals surface area (Å²) in [6.45, 7) is 1.94. The molecule has 1 aliphatic carbocycles. The molecule has 0 aliphatic heterocycles.